The molecule has 0 saturated carbocycles. The highest BCUT2D eigenvalue weighted by atomic mass is 32.1. The highest BCUT2D eigenvalue weighted by Crippen LogP contribution is 2.33. The maximum atomic E-state index is 12.4. The van der Waals surface area contributed by atoms with Crippen molar-refractivity contribution >= 4 is 39.7 Å². The first-order chi connectivity index (χ1) is 14.6. The van der Waals surface area contributed by atoms with Crippen LogP contribution in [-0.4, -0.2) is 46.4 Å². The number of aryl methyl sites for hydroxylation is 1. The summed E-state index contributed by atoms with van der Waals surface area (Å²) in [5.74, 6) is 0.0984. The Morgan fingerprint density at radius 2 is 1.93 bits per heavy atom. The maximum absolute atomic E-state index is 12.4. The number of nitrogens with zero attached hydrogens (tertiary/aromatic N) is 4. The fourth-order valence-corrected chi connectivity index (χ4v) is 5.04. The van der Waals surface area contributed by atoms with Crippen LogP contribution in [0.5, 0.6) is 0 Å². The lowest BCUT2D eigenvalue weighted by Gasteiger charge is -2.24. The van der Waals surface area contributed by atoms with Gasteiger partial charge in [-0.25, -0.2) is 14.8 Å². The molecular weight excluding hydrogens is 420 g/mol. The first-order valence-electron chi connectivity index (χ1n) is 10.2. The second-order valence-corrected chi connectivity index (χ2v) is 9.12. The lowest BCUT2D eigenvalue weighted by Crippen LogP contribution is -2.37. The molecule has 10 heteroatoms. The molecule has 0 bridgehead atoms. The Hall–Kier alpha value is -2.51. The van der Waals surface area contributed by atoms with E-state index in [2.05, 4.69) is 26.7 Å². The van der Waals surface area contributed by atoms with Crippen LogP contribution in [0.4, 0.5) is 9.93 Å². The van der Waals surface area contributed by atoms with Gasteiger partial charge in [-0.3, -0.25) is 10.1 Å². The SMILES string of the molecule is Cc1nc(NC(=O)NCCC(=O)N2CCCCCCC2)sc1-c1csc(CC#N)n1. The van der Waals surface area contributed by atoms with Crippen molar-refractivity contribution in [3.8, 4) is 16.6 Å². The molecule has 1 aliphatic rings. The molecule has 0 aromatic carbocycles. The van der Waals surface area contributed by atoms with E-state index in [-0.39, 0.29) is 18.4 Å². The number of hydrogen-bond donors (Lipinski definition) is 2. The average Bonchev–Trinajstić information content (AvgIpc) is 3.28. The Morgan fingerprint density at radius 3 is 2.67 bits per heavy atom. The van der Waals surface area contributed by atoms with Gasteiger partial charge in [0.25, 0.3) is 0 Å². The third-order valence-corrected chi connectivity index (χ3v) is 6.81. The van der Waals surface area contributed by atoms with E-state index in [0.717, 1.165) is 47.2 Å². The van der Waals surface area contributed by atoms with Crippen molar-refractivity contribution in [2.24, 2.45) is 0 Å². The third-order valence-electron chi connectivity index (χ3n) is 4.86. The Labute approximate surface area is 184 Å². The molecule has 0 aliphatic carbocycles. The summed E-state index contributed by atoms with van der Waals surface area (Å²) in [5.41, 5.74) is 1.55. The van der Waals surface area contributed by atoms with Gasteiger partial charge in [-0.15, -0.1) is 11.3 Å². The highest BCUT2D eigenvalue weighted by molar-refractivity contribution is 7.19. The van der Waals surface area contributed by atoms with Crippen LogP contribution in [0.1, 0.15) is 49.2 Å². The minimum atomic E-state index is -0.376. The van der Waals surface area contributed by atoms with Gasteiger partial charge in [0, 0.05) is 31.4 Å². The number of thiazole rings is 2. The number of aromatic nitrogens is 2. The Balaban J connectivity index is 1.46. The topological polar surface area (TPSA) is 111 Å². The number of urea groups is 1. The number of carbonyl (C=O) groups is 2. The fourth-order valence-electron chi connectivity index (χ4n) is 3.33. The largest absolute Gasteiger partial charge is 0.343 e. The van der Waals surface area contributed by atoms with Crippen LogP contribution < -0.4 is 10.6 Å². The van der Waals surface area contributed by atoms with Gasteiger partial charge in [-0.2, -0.15) is 5.26 Å². The second kappa shape index (κ2) is 11.0. The number of anilines is 1. The zero-order valence-corrected chi connectivity index (χ0v) is 18.7. The van der Waals surface area contributed by atoms with Crippen LogP contribution in [-0.2, 0) is 11.2 Å². The summed E-state index contributed by atoms with van der Waals surface area (Å²) in [6.45, 7) is 3.79. The van der Waals surface area contributed by atoms with Crippen molar-refractivity contribution in [2.75, 3.05) is 25.0 Å². The Morgan fingerprint density at radius 1 is 1.20 bits per heavy atom. The minimum Gasteiger partial charge on any atom is -0.343 e. The first-order valence-corrected chi connectivity index (χ1v) is 11.9. The zero-order chi connectivity index (χ0) is 21.3. The lowest BCUT2D eigenvalue weighted by molar-refractivity contribution is -0.131. The van der Waals surface area contributed by atoms with Gasteiger partial charge in [0.15, 0.2) is 5.13 Å². The predicted octanol–water partition coefficient (Wildman–Crippen LogP) is 3.95. The average molecular weight is 447 g/mol. The van der Waals surface area contributed by atoms with Crippen molar-refractivity contribution < 1.29 is 9.59 Å². The summed E-state index contributed by atoms with van der Waals surface area (Å²) in [6.07, 6.45) is 6.32. The van der Waals surface area contributed by atoms with Gasteiger partial charge in [0.1, 0.15) is 5.01 Å². The molecule has 0 radical (unpaired) electrons. The van der Waals surface area contributed by atoms with Crippen molar-refractivity contribution in [3.05, 3.63) is 16.1 Å². The summed E-state index contributed by atoms with van der Waals surface area (Å²) in [7, 11) is 0. The monoisotopic (exact) mass is 446 g/mol. The molecule has 30 heavy (non-hydrogen) atoms. The lowest BCUT2D eigenvalue weighted by atomic mass is 10.1. The van der Waals surface area contributed by atoms with Crippen LogP contribution in [0, 0.1) is 18.3 Å². The van der Waals surface area contributed by atoms with Gasteiger partial charge in [0.2, 0.25) is 5.91 Å². The van der Waals surface area contributed by atoms with E-state index in [1.165, 1.54) is 41.9 Å². The normalized spacial score (nSPS) is 14.5. The number of nitriles is 1. The molecule has 2 aromatic heterocycles. The Bertz CT molecular complexity index is 909. The second-order valence-electron chi connectivity index (χ2n) is 7.17. The summed E-state index contributed by atoms with van der Waals surface area (Å²) < 4.78 is 0. The Kier molecular flexibility index (Phi) is 8.16. The van der Waals surface area contributed by atoms with Crippen molar-refractivity contribution in [2.45, 2.75) is 51.9 Å². The van der Waals surface area contributed by atoms with E-state index in [0.29, 0.717) is 18.1 Å². The third kappa shape index (κ3) is 6.24. The molecule has 0 atom stereocenters. The quantitative estimate of drug-likeness (QED) is 0.698. The van der Waals surface area contributed by atoms with Gasteiger partial charge in [-0.1, -0.05) is 30.6 Å². The summed E-state index contributed by atoms with van der Waals surface area (Å²) in [4.78, 5) is 36.2. The molecule has 8 nitrogen and oxygen atoms in total. The number of likely N-dealkylation sites (tertiary alicyclic amines) is 1. The number of amides is 3. The van der Waals surface area contributed by atoms with Crippen molar-refractivity contribution in [1.82, 2.24) is 20.2 Å². The zero-order valence-electron chi connectivity index (χ0n) is 17.1. The number of nitrogens with one attached hydrogen (secondary N) is 2. The molecule has 2 N–H and O–H groups in total. The van der Waals surface area contributed by atoms with Gasteiger partial charge in [0.05, 0.1) is 28.8 Å². The molecular formula is C20H26N6O2S2. The standard InChI is InChI=1S/C20H26N6O2S2/c1-14-18(15-13-29-16(24-15)7-9-21)30-20(23-14)25-19(28)22-10-8-17(27)26-11-5-3-2-4-6-12-26/h13H,2-8,10-12H2,1H3,(H2,22,23,25,28). The molecule has 1 fully saturated rings. The van der Waals surface area contributed by atoms with Crippen molar-refractivity contribution in [3.63, 3.8) is 0 Å². The van der Waals surface area contributed by atoms with Crippen LogP contribution in [0.15, 0.2) is 5.38 Å². The van der Waals surface area contributed by atoms with Crippen LogP contribution in [0.25, 0.3) is 10.6 Å². The van der Waals surface area contributed by atoms with E-state index in [9.17, 15) is 9.59 Å². The molecule has 1 saturated heterocycles. The molecule has 0 spiro atoms. The summed E-state index contributed by atoms with van der Waals surface area (Å²) >= 11 is 2.78. The van der Waals surface area contributed by atoms with Gasteiger partial charge >= 0.3 is 6.03 Å². The fraction of sp³-hybridized carbons (Fsp3) is 0.550. The van der Waals surface area contributed by atoms with E-state index in [1.807, 2.05) is 17.2 Å². The molecule has 160 valence electrons. The van der Waals surface area contributed by atoms with E-state index in [1.54, 1.807) is 0 Å². The number of hydrogen-bond acceptors (Lipinski definition) is 7. The smallest absolute Gasteiger partial charge is 0.321 e. The molecule has 2 aromatic rings. The number of rotatable bonds is 6. The molecule has 3 amide bonds. The molecule has 0 unspecified atom stereocenters. The first kappa shape index (κ1) is 22.2. The van der Waals surface area contributed by atoms with Crippen LogP contribution in [0.2, 0.25) is 0 Å². The highest BCUT2D eigenvalue weighted by Gasteiger charge is 2.16. The van der Waals surface area contributed by atoms with Crippen molar-refractivity contribution in [1.29, 1.82) is 5.26 Å². The van der Waals surface area contributed by atoms with E-state index >= 15 is 0 Å². The van der Waals surface area contributed by atoms with Gasteiger partial charge in [-0.05, 0) is 19.8 Å². The van der Waals surface area contributed by atoms with Gasteiger partial charge < -0.3 is 10.2 Å². The number of carbonyl (C=O) groups excluding carboxylic acids is 2. The van der Waals surface area contributed by atoms with E-state index in [4.69, 9.17) is 5.26 Å². The summed E-state index contributed by atoms with van der Waals surface area (Å²) in [6, 6.07) is 1.72. The molecule has 3 heterocycles. The summed E-state index contributed by atoms with van der Waals surface area (Å²) in [5, 5.41) is 17.4. The van der Waals surface area contributed by atoms with Crippen LogP contribution in [0.3, 0.4) is 0 Å². The predicted molar refractivity (Wildman–Crippen MR) is 119 cm³/mol. The van der Waals surface area contributed by atoms with E-state index < -0.39 is 0 Å². The maximum Gasteiger partial charge on any atom is 0.321 e. The van der Waals surface area contributed by atoms with Crippen LogP contribution >= 0.6 is 22.7 Å². The molecule has 1 aliphatic heterocycles. The minimum absolute atomic E-state index is 0.0984. The molecule has 3 rings (SSSR count).